The molecule has 0 aliphatic rings. The predicted molar refractivity (Wildman–Crippen MR) is 109 cm³/mol. The van der Waals surface area contributed by atoms with Gasteiger partial charge in [-0.1, -0.05) is 11.6 Å². The van der Waals surface area contributed by atoms with Crippen molar-refractivity contribution in [2.24, 2.45) is 7.05 Å². The molecule has 0 aromatic carbocycles. The molecule has 154 valence electrons. The Bertz CT molecular complexity index is 1060. The van der Waals surface area contributed by atoms with E-state index in [9.17, 15) is 9.59 Å². The van der Waals surface area contributed by atoms with E-state index in [1.807, 2.05) is 13.8 Å². The third kappa shape index (κ3) is 3.88. The molecule has 0 saturated carbocycles. The molecule has 2 amide bonds. The maximum atomic E-state index is 12.9. The molecule has 0 unspecified atom stereocenters. The summed E-state index contributed by atoms with van der Waals surface area (Å²) < 4.78 is 4.71. The van der Waals surface area contributed by atoms with Crippen LogP contribution in [0.5, 0.6) is 0 Å². The fourth-order valence-corrected chi connectivity index (χ4v) is 3.03. The highest BCUT2D eigenvalue weighted by Crippen LogP contribution is 2.22. The Hall–Kier alpha value is -3.14. The number of anilines is 2. The van der Waals surface area contributed by atoms with Gasteiger partial charge in [0.1, 0.15) is 11.7 Å². The van der Waals surface area contributed by atoms with Crippen LogP contribution in [-0.2, 0) is 18.4 Å². The molecule has 3 rings (SSSR count). The third-order valence-electron chi connectivity index (χ3n) is 4.83. The van der Waals surface area contributed by atoms with Crippen LogP contribution in [-0.4, -0.2) is 41.2 Å². The number of amides is 2. The summed E-state index contributed by atoms with van der Waals surface area (Å²) in [6.45, 7) is 7.66. The summed E-state index contributed by atoms with van der Waals surface area (Å²) in [7, 11) is 1.79. The number of aromatic nitrogens is 6. The molecule has 0 bridgehead atoms. The summed E-state index contributed by atoms with van der Waals surface area (Å²) in [6.07, 6.45) is 4.53. The van der Waals surface area contributed by atoms with Crippen molar-refractivity contribution in [3.63, 3.8) is 0 Å². The lowest BCUT2D eigenvalue weighted by atomic mass is 10.2. The molecule has 10 nitrogen and oxygen atoms in total. The van der Waals surface area contributed by atoms with E-state index in [2.05, 4.69) is 25.9 Å². The van der Waals surface area contributed by atoms with Gasteiger partial charge in [0, 0.05) is 13.6 Å². The van der Waals surface area contributed by atoms with E-state index in [1.165, 1.54) is 21.8 Å². The summed E-state index contributed by atoms with van der Waals surface area (Å²) >= 11 is 6.03. The van der Waals surface area contributed by atoms with Gasteiger partial charge >= 0.3 is 0 Å². The molecule has 0 fully saturated rings. The first-order chi connectivity index (χ1) is 13.7. The van der Waals surface area contributed by atoms with Crippen molar-refractivity contribution in [3.8, 4) is 0 Å². The number of carbonyl (C=O) groups excluding carboxylic acids is 2. The van der Waals surface area contributed by atoms with Gasteiger partial charge in [0.05, 0.1) is 46.4 Å². The van der Waals surface area contributed by atoms with Crippen molar-refractivity contribution in [3.05, 3.63) is 40.7 Å². The minimum Gasteiger partial charge on any atom is -0.321 e. The highest BCUT2D eigenvalue weighted by atomic mass is 35.5. The van der Waals surface area contributed by atoms with Crippen LogP contribution in [0.2, 0.25) is 5.02 Å². The van der Waals surface area contributed by atoms with Gasteiger partial charge in [0.15, 0.2) is 0 Å². The Balaban J connectivity index is 1.84. The number of aryl methyl sites for hydroxylation is 2. The molecule has 3 aromatic heterocycles. The van der Waals surface area contributed by atoms with Crippen LogP contribution in [0.3, 0.4) is 0 Å². The fourth-order valence-electron chi connectivity index (χ4n) is 2.90. The molecule has 0 saturated heterocycles. The summed E-state index contributed by atoms with van der Waals surface area (Å²) in [6, 6.07) is -0.621. The maximum Gasteiger partial charge on any atom is 0.276 e. The molecule has 11 heteroatoms. The smallest absolute Gasteiger partial charge is 0.276 e. The molecule has 0 aliphatic heterocycles. The number of hydrogen-bond donors (Lipinski definition) is 2. The highest BCUT2D eigenvalue weighted by Gasteiger charge is 2.24. The summed E-state index contributed by atoms with van der Waals surface area (Å²) in [5.74, 6) is -0.725. The Morgan fingerprint density at radius 2 is 1.76 bits per heavy atom. The van der Waals surface area contributed by atoms with Crippen molar-refractivity contribution < 1.29 is 9.59 Å². The minimum absolute atomic E-state index is 0.256. The monoisotopic (exact) mass is 418 g/mol. The lowest BCUT2D eigenvalue weighted by Crippen LogP contribution is -2.27. The van der Waals surface area contributed by atoms with E-state index in [-0.39, 0.29) is 17.5 Å². The number of nitrogens with zero attached hydrogens (tertiary/aromatic N) is 6. The van der Waals surface area contributed by atoms with Crippen LogP contribution in [0.1, 0.15) is 41.8 Å². The van der Waals surface area contributed by atoms with Gasteiger partial charge < -0.3 is 10.6 Å². The standard InChI is InChI=1S/C18H23ClN8O2/c1-6-26-16(18(29)23-14-8-20-25(5)11(14)3)15(9-21-26)24-17(28)12(4)27-10(2)13(19)7-22-27/h7-9,12H,6H2,1-5H3,(H,23,29)(H,24,28)/t12-/m1/s1. The van der Waals surface area contributed by atoms with Crippen molar-refractivity contribution in [2.75, 3.05) is 10.6 Å². The largest absolute Gasteiger partial charge is 0.321 e. The molecule has 0 aliphatic carbocycles. The normalized spacial score (nSPS) is 12.1. The summed E-state index contributed by atoms with van der Waals surface area (Å²) in [4.78, 5) is 25.7. The molecule has 3 heterocycles. The highest BCUT2D eigenvalue weighted by molar-refractivity contribution is 6.31. The van der Waals surface area contributed by atoms with Gasteiger partial charge in [-0.2, -0.15) is 15.3 Å². The number of hydrogen-bond acceptors (Lipinski definition) is 5. The zero-order valence-electron chi connectivity index (χ0n) is 16.9. The van der Waals surface area contributed by atoms with E-state index < -0.39 is 6.04 Å². The number of nitrogens with one attached hydrogen (secondary N) is 2. The van der Waals surface area contributed by atoms with Crippen LogP contribution in [0.4, 0.5) is 11.4 Å². The van der Waals surface area contributed by atoms with Crippen LogP contribution < -0.4 is 10.6 Å². The van der Waals surface area contributed by atoms with Gasteiger partial charge in [-0.3, -0.25) is 23.6 Å². The lowest BCUT2D eigenvalue weighted by molar-refractivity contribution is -0.119. The molecular formula is C18H23ClN8O2. The van der Waals surface area contributed by atoms with E-state index >= 15 is 0 Å². The van der Waals surface area contributed by atoms with Gasteiger partial charge in [0.2, 0.25) is 5.91 Å². The van der Waals surface area contributed by atoms with Gasteiger partial charge in [-0.05, 0) is 27.7 Å². The average Bonchev–Trinajstić information content (AvgIpc) is 3.35. The third-order valence-corrected chi connectivity index (χ3v) is 5.20. The van der Waals surface area contributed by atoms with Gasteiger partial charge in [0.25, 0.3) is 5.91 Å². The Morgan fingerprint density at radius 3 is 2.31 bits per heavy atom. The fraction of sp³-hybridized carbons (Fsp3) is 0.389. The topological polar surface area (TPSA) is 112 Å². The van der Waals surface area contributed by atoms with E-state index in [0.29, 0.717) is 28.6 Å². The maximum absolute atomic E-state index is 12.9. The van der Waals surface area contributed by atoms with Crippen LogP contribution in [0.15, 0.2) is 18.6 Å². The number of halogens is 1. The van der Waals surface area contributed by atoms with Crippen LogP contribution in [0, 0.1) is 13.8 Å². The molecule has 0 radical (unpaired) electrons. The number of rotatable bonds is 6. The second-order valence-corrected chi connectivity index (χ2v) is 7.04. The van der Waals surface area contributed by atoms with Crippen molar-refractivity contribution >= 4 is 34.8 Å². The molecule has 29 heavy (non-hydrogen) atoms. The predicted octanol–water partition coefficient (Wildman–Crippen LogP) is 2.56. The van der Waals surface area contributed by atoms with E-state index in [0.717, 1.165) is 5.69 Å². The zero-order chi connectivity index (χ0) is 21.3. The van der Waals surface area contributed by atoms with Gasteiger partial charge in [-0.15, -0.1) is 0 Å². The lowest BCUT2D eigenvalue weighted by Gasteiger charge is -2.15. The molecule has 1 atom stereocenters. The second-order valence-electron chi connectivity index (χ2n) is 6.63. The first-order valence-electron chi connectivity index (χ1n) is 9.10. The number of carbonyl (C=O) groups is 2. The van der Waals surface area contributed by atoms with E-state index in [1.54, 1.807) is 31.8 Å². The van der Waals surface area contributed by atoms with Crippen molar-refractivity contribution in [2.45, 2.75) is 40.3 Å². The molecule has 3 aromatic rings. The average molecular weight is 419 g/mol. The molecular weight excluding hydrogens is 396 g/mol. The Labute approximate surface area is 172 Å². The van der Waals surface area contributed by atoms with Crippen LogP contribution >= 0.6 is 11.6 Å². The Morgan fingerprint density at radius 1 is 1.07 bits per heavy atom. The SMILES string of the molecule is CCn1ncc(NC(=O)[C@@H](C)n2ncc(Cl)c2C)c1C(=O)Nc1cnn(C)c1C. The summed E-state index contributed by atoms with van der Waals surface area (Å²) in [5, 5.41) is 18.6. The summed E-state index contributed by atoms with van der Waals surface area (Å²) in [5.41, 5.74) is 2.66. The quantitative estimate of drug-likeness (QED) is 0.638. The molecule has 0 spiro atoms. The van der Waals surface area contributed by atoms with Gasteiger partial charge in [-0.25, -0.2) is 0 Å². The first-order valence-corrected chi connectivity index (χ1v) is 9.48. The second kappa shape index (κ2) is 8.08. The minimum atomic E-state index is -0.621. The molecule has 2 N–H and O–H groups in total. The Kier molecular flexibility index (Phi) is 5.73. The van der Waals surface area contributed by atoms with Crippen molar-refractivity contribution in [1.29, 1.82) is 0 Å². The zero-order valence-corrected chi connectivity index (χ0v) is 17.7. The van der Waals surface area contributed by atoms with Crippen LogP contribution in [0.25, 0.3) is 0 Å². The van der Waals surface area contributed by atoms with Crippen molar-refractivity contribution in [1.82, 2.24) is 29.3 Å². The van der Waals surface area contributed by atoms with E-state index in [4.69, 9.17) is 11.6 Å². The first kappa shape index (κ1) is 20.6.